The van der Waals surface area contributed by atoms with Crippen LogP contribution in [0, 0.1) is 0 Å². The standard InChI is InChI=1S/C17H22ClN3O3/c1-17(2)15(23)21(16(24)19-17)9-5-8-14(22)20(3)11-12-6-4-7-13(18)10-12/h4,6-7,10H,5,8-9,11H2,1-3H3,(H,19,24). The quantitative estimate of drug-likeness (QED) is 0.800. The number of amides is 4. The van der Waals surface area contributed by atoms with Crippen LogP contribution in [-0.4, -0.2) is 46.8 Å². The summed E-state index contributed by atoms with van der Waals surface area (Å²) in [6.45, 7) is 4.04. The second kappa shape index (κ2) is 7.21. The van der Waals surface area contributed by atoms with Crippen molar-refractivity contribution >= 4 is 29.4 Å². The van der Waals surface area contributed by atoms with Crippen LogP contribution >= 0.6 is 11.6 Å². The SMILES string of the molecule is CN(Cc1cccc(Cl)c1)C(=O)CCCN1C(=O)NC(C)(C)C1=O. The first-order valence-electron chi connectivity index (χ1n) is 7.83. The van der Waals surface area contributed by atoms with Crippen LogP contribution in [0.3, 0.4) is 0 Å². The molecule has 1 saturated heterocycles. The summed E-state index contributed by atoms with van der Waals surface area (Å²) in [6, 6.07) is 6.96. The van der Waals surface area contributed by atoms with Gasteiger partial charge in [0.25, 0.3) is 5.91 Å². The number of imide groups is 1. The molecule has 1 heterocycles. The molecule has 1 fully saturated rings. The van der Waals surface area contributed by atoms with E-state index in [2.05, 4.69) is 5.32 Å². The van der Waals surface area contributed by atoms with Crippen molar-refractivity contribution in [3.8, 4) is 0 Å². The number of hydrogen-bond donors (Lipinski definition) is 1. The lowest BCUT2D eigenvalue weighted by Crippen LogP contribution is -2.40. The molecule has 130 valence electrons. The lowest BCUT2D eigenvalue weighted by Gasteiger charge is -2.19. The molecule has 4 amide bonds. The molecule has 1 N–H and O–H groups in total. The second-order valence-corrected chi connectivity index (χ2v) is 6.93. The van der Waals surface area contributed by atoms with Crippen LogP contribution in [0.25, 0.3) is 0 Å². The summed E-state index contributed by atoms with van der Waals surface area (Å²) in [5.41, 5.74) is 0.0824. The van der Waals surface area contributed by atoms with Crippen LogP contribution in [0.4, 0.5) is 4.79 Å². The Bertz CT molecular complexity index is 660. The Balaban J connectivity index is 1.81. The monoisotopic (exact) mass is 351 g/mol. The van der Waals surface area contributed by atoms with E-state index < -0.39 is 11.6 Å². The molecular weight excluding hydrogens is 330 g/mol. The Labute approximate surface area is 146 Å². The fraction of sp³-hybridized carbons (Fsp3) is 0.471. The molecule has 0 atom stereocenters. The van der Waals surface area contributed by atoms with Crippen LogP contribution in [-0.2, 0) is 16.1 Å². The van der Waals surface area contributed by atoms with Gasteiger partial charge in [-0.15, -0.1) is 0 Å². The van der Waals surface area contributed by atoms with Crippen molar-refractivity contribution in [1.29, 1.82) is 0 Å². The van der Waals surface area contributed by atoms with Crippen molar-refractivity contribution in [3.05, 3.63) is 34.9 Å². The third kappa shape index (κ3) is 4.26. The number of rotatable bonds is 6. The molecule has 1 aromatic carbocycles. The Morgan fingerprint density at radius 3 is 2.62 bits per heavy atom. The van der Waals surface area contributed by atoms with Gasteiger partial charge in [0, 0.05) is 31.6 Å². The Morgan fingerprint density at radius 2 is 2.04 bits per heavy atom. The number of nitrogens with one attached hydrogen (secondary N) is 1. The number of benzene rings is 1. The third-order valence-corrected chi connectivity index (χ3v) is 4.19. The fourth-order valence-electron chi connectivity index (χ4n) is 2.60. The molecule has 1 aliphatic rings. The minimum atomic E-state index is -0.871. The van der Waals surface area contributed by atoms with Gasteiger partial charge in [-0.25, -0.2) is 4.79 Å². The molecule has 0 spiro atoms. The highest BCUT2D eigenvalue weighted by Gasteiger charge is 2.43. The van der Waals surface area contributed by atoms with Crippen molar-refractivity contribution in [2.24, 2.45) is 0 Å². The first-order valence-corrected chi connectivity index (χ1v) is 8.21. The minimum Gasteiger partial charge on any atom is -0.341 e. The number of carbonyl (C=O) groups is 3. The number of hydrogen-bond acceptors (Lipinski definition) is 3. The predicted molar refractivity (Wildman–Crippen MR) is 91.5 cm³/mol. The fourth-order valence-corrected chi connectivity index (χ4v) is 2.81. The molecule has 0 unspecified atom stereocenters. The zero-order chi connectivity index (χ0) is 17.9. The molecule has 0 bridgehead atoms. The molecule has 7 heteroatoms. The van der Waals surface area contributed by atoms with Crippen molar-refractivity contribution in [2.75, 3.05) is 13.6 Å². The summed E-state index contributed by atoms with van der Waals surface area (Å²) in [7, 11) is 1.72. The molecular formula is C17H22ClN3O3. The van der Waals surface area contributed by atoms with Gasteiger partial charge in [-0.05, 0) is 38.0 Å². The van der Waals surface area contributed by atoms with Crippen molar-refractivity contribution in [2.45, 2.75) is 38.8 Å². The summed E-state index contributed by atoms with van der Waals surface area (Å²) in [5, 5.41) is 3.26. The number of nitrogens with zero attached hydrogens (tertiary/aromatic N) is 2. The summed E-state index contributed by atoms with van der Waals surface area (Å²) in [4.78, 5) is 38.8. The lowest BCUT2D eigenvalue weighted by molar-refractivity contribution is -0.132. The van der Waals surface area contributed by atoms with Crippen LogP contribution in [0.5, 0.6) is 0 Å². The van der Waals surface area contributed by atoms with Crippen LogP contribution in [0.2, 0.25) is 5.02 Å². The Kier molecular flexibility index (Phi) is 5.49. The maximum Gasteiger partial charge on any atom is 0.325 e. The Hall–Kier alpha value is -2.08. The highest BCUT2D eigenvalue weighted by molar-refractivity contribution is 6.30. The minimum absolute atomic E-state index is 0.0405. The predicted octanol–water partition coefficient (Wildman–Crippen LogP) is 2.41. The molecule has 6 nitrogen and oxygen atoms in total. The third-order valence-electron chi connectivity index (χ3n) is 3.95. The highest BCUT2D eigenvalue weighted by atomic mass is 35.5. The van der Waals surface area contributed by atoms with E-state index in [1.54, 1.807) is 31.9 Å². The van der Waals surface area contributed by atoms with Gasteiger partial charge in [0.1, 0.15) is 5.54 Å². The highest BCUT2D eigenvalue weighted by Crippen LogP contribution is 2.17. The van der Waals surface area contributed by atoms with Crippen molar-refractivity contribution in [3.63, 3.8) is 0 Å². The molecule has 0 saturated carbocycles. The summed E-state index contributed by atoms with van der Waals surface area (Å²) >= 11 is 5.94. The molecule has 0 radical (unpaired) electrons. The van der Waals surface area contributed by atoms with Gasteiger partial charge in [0.15, 0.2) is 0 Å². The van der Waals surface area contributed by atoms with E-state index in [9.17, 15) is 14.4 Å². The van der Waals surface area contributed by atoms with Gasteiger partial charge in [-0.2, -0.15) is 0 Å². The van der Waals surface area contributed by atoms with E-state index in [-0.39, 0.29) is 24.8 Å². The molecule has 1 aromatic rings. The number of carbonyl (C=O) groups excluding carboxylic acids is 3. The Morgan fingerprint density at radius 1 is 1.33 bits per heavy atom. The van der Waals surface area contributed by atoms with Gasteiger partial charge in [0.05, 0.1) is 0 Å². The van der Waals surface area contributed by atoms with E-state index in [0.717, 1.165) is 5.56 Å². The van der Waals surface area contributed by atoms with Gasteiger partial charge in [-0.1, -0.05) is 23.7 Å². The van der Waals surface area contributed by atoms with E-state index in [1.165, 1.54) is 4.90 Å². The normalized spacial score (nSPS) is 16.2. The maximum atomic E-state index is 12.2. The van der Waals surface area contributed by atoms with E-state index in [1.807, 2.05) is 18.2 Å². The molecule has 2 rings (SSSR count). The van der Waals surface area contributed by atoms with Crippen LogP contribution < -0.4 is 5.32 Å². The number of urea groups is 1. The zero-order valence-electron chi connectivity index (χ0n) is 14.1. The van der Waals surface area contributed by atoms with Gasteiger partial charge < -0.3 is 10.2 Å². The lowest BCUT2D eigenvalue weighted by atomic mass is 10.1. The van der Waals surface area contributed by atoms with Crippen molar-refractivity contribution < 1.29 is 14.4 Å². The summed E-state index contributed by atoms with van der Waals surface area (Å²) in [6.07, 6.45) is 0.711. The molecule has 0 aromatic heterocycles. The summed E-state index contributed by atoms with van der Waals surface area (Å²) in [5.74, 6) is -0.298. The smallest absolute Gasteiger partial charge is 0.325 e. The zero-order valence-corrected chi connectivity index (χ0v) is 14.9. The molecule has 1 aliphatic heterocycles. The summed E-state index contributed by atoms with van der Waals surface area (Å²) < 4.78 is 0. The van der Waals surface area contributed by atoms with Gasteiger partial charge >= 0.3 is 6.03 Å². The van der Waals surface area contributed by atoms with Crippen LogP contribution in [0.1, 0.15) is 32.3 Å². The van der Waals surface area contributed by atoms with Gasteiger partial charge in [0.2, 0.25) is 5.91 Å². The van der Waals surface area contributed by atoms with Gasteiger partial charge in [-0.3, -0.25) is 14.5 Å². The molecule has 0 aliphatic carbocycles. The largest absolute Gasteiger partial charge is 0.341 e. The number of halogens is 1. The first-order chi connectivity index (χ1) is 11.2. The van der Waals surface area contributed by atoms with Crippen LogP contribution in [0.15, 0.2) is 24.3 Å². The maximum absolute atomic E-state index is 12.2. The topological polar surface area (TPSA) is 69.7 Å². The van der Waals surface area contributed by atoms with Crippen molar-refractivity contribution in [1.82, 2.24) is 15.1 Å². The average Bonchev–Trinajstić information content (AvgIpc) is 2.68. The first kappa shape index (κ1) is 18.3. The van der Waals surface area contributed by atoms with E-state index in [4.69, 9.17) is 11.6 Å². The molecule has 24 heavy (non-hydrogen) atoms. The second-order valence-electron chi connectivity index (χ2n) is 6.50. The average molecular weight is 352 g/mol. The van der Waals surface area contributed by atoms with E-state index in [0.29, 0.717) is 18.0 Å². The van der Waals surface area contributed by atoms with E-state index >= 15 is 0 Å².